The van der Waals surface area contributed by atoms with Crippen molar-refractivity contribution in [3.8, 4) is 0 Å². The zero-order valence-corrected chi connectivity index (χ0v) is 13.5. The number of urea groups is 1. The fraction of sp³-hybridized carbons (Fsp3) is 0.467. The minimum Gasteiger partial charge on any atom is -0.351 e. The minimum absolute atomic E-state index is 0. The molecule has 0 unspecified atom stereocenters. The number of nitrogens with two attached hydrogens (primary N) is 1. The second-order valence-electron chi connectivity index (χ2n) is 5.36. The first-order valence-corrected chi connectivity index (χ1v) is 7.20. The molecular formula is C15H23ClN4O2. The quantitative estimate of drug-likeness (QED) is 0.786. The molecule has 0 aromatic heterocycles. The highest BCUT2D eigenvalue weighted by Crippen LogP contribution is 2.19. The number of hydrogen-bond acceptors (Lipinski definition) is 3. The van der Waals surface area contributed by atoms with Crippen LogP contribution in [0.2, 0.25) is 0 Å². The molecule has 6 nitrogen and oxygen atoms in total. The van der Waals surface area contributed by atoms with E-state index in [9.17, 15) is 9.59 Å². The van der Waals surface area contributed by atoms with E-state index in [1.54, 1.807) is 24.3 Å². The summed E-state index contributed by atoms with van der Waals surface area (Å²) in [6.45, 7) is 2.55. The Hall–Kier alpha value is -1.79. The molecule has 1 aromatic rings. The molecule has 0 saturated carbocycles. The summed E-state index contributed by atoms with van der Waals surface area (Å²) < 4.78 is 0. The van der Waals surface area contributed by atoms with Crippen LogP contribution in [-0.4, -0.2) is 43.5 Å². The van der Waals surface area contributed by atoms with Crippen molar-refractivity contribution in [2.24, 2.45) is 11.7 Å². The van der Waals surface area contributed by atoms with E-state index in [0.717, 1.165) is 32.5 Å². The van der Waals surface area contributed by atoms with Gasteiger partial charge < -0.3 is 21.3 Å². The number of nitrogens with zero attached hydrogens (tertiary/aromatic N) is 1. The topological polar surface area (TPSA) is 87.5 Å². The smallest absolute Gasteiger partial charge is 0.316 e. The number of likely N-dealkylation sites (tertiary alicyclic amines) is 1. The molecule has 1 aliphatic heterocycles. The van der Waals surface area contributed by atoms with E-state index in [2.05, 4.69) is 10.6 Å². The number of rotatable bonds is 4. The predicted molar refractivity (Wildman–Crippen MR) is 89.5 cm³/mol. The van der Waals surface area contributed by atoms with Gasteiger partial charge in [0.05, 0.1) is 0 Å². The summed E-state index contributed by atoms with van der Waals surface area (Å²) in [5.74, 6) is 0.646. The van der Waals surface area contributed by atoms with Crippen LogP contribution in [0.3, 0.4) is 0 Å². The predicted octanol–water partition coefficient (Wildman–Crippen LogP) is 1.67. The maximum absolute atomic E-state index is 12.5. The highest BCUT2D eigenvalue weighted by molar-refractivity contribution is 5.96. The lowest BCUT2D eigenvalue weighted by molar-refractivity contribution is 0.0691. The standard InChI is InChI=1S/C15H22N4O2.ClH/c1-17-10-11-5-7-19(8-6-11)14(20)12-3-2-4-13(9-12)18-15(16)21;/h2-4,9,11,17H,5-8,10H2,1H3,(H3,16,18,21);1H. The monoisotopic (exact) mass is 326 g/mol. The number of carbonyl (C=O) groups excluding carboxylic acids is 2. The van der Waals surface area contributed by atoms with Crippen LogP contribution in [0.4, 0.5) is 10.5 Å². The van der Waals surface area contributed by atoms with Gasteiger partial charge in [0.2, 0.25) is 0 Å². The van der Waals surface area contributed by atoms with Crippen molar-refractivity contribution in [1.29, 1.82) is 0 Å². The fourth-order valence-corrected chi connectivity index (χ4v) is 2.68. The zero-order chi connectivity index (χ0) is 15.2. The first-order chi connectivity index (χ1) is 10.1. The number of halogens is 1. The Morgan fingerprint density at radius 2 is 2.00 bits per heavy atom. The molecule has 1 saturated heterocycles. The van der Waals surface area contributed by atoms with E-state index < -0.39 is 6.03 Å². The van der Waals surface area contributed by atoms with Crippen LogP contribution in [0, 0.1) is 5.92 Å². The van der Waals surface area contributed by atoms with Crippen molar-refractivity contribution in [3.05, 3.63) is 29.8 Å². The first kappa shape index (κ1) is 18.3. The summed E-state index contributed by atoms with van der Waals surface area (Å²) in [5, 5.41) is 5.67. The Bertz CT molecular complexity index is 516. The summed E-state index contributed by atoms with van der Waals surface area (Å²) in [4.78, 5) is 25.2. The molecule has 7 heteroatoms. The van der Waals surface area contributed by atoms with Gasteiger partial charge in [0.1, 0.15) is 0 Å². The third-order valence-corrected chi connectivity index (χ3v) is 3.77. The van der Waals surface area contributed by atoms with Crippen molar-refractivity contribution in [2.45, 2.75) is 12.8 Å². The van der Waals surface area contributed by atoms with Gasteiger partial charge in [-0.1, -0.05) is 6.07 Å². The lowest BCUT2D eigenvalue weighted by atomic mass is 9.96. The number of primary amides is 1. The van der Waals surface area contributed by atoms with Gasteiger partial charge in [-0.2, -0.15) is 0 Å². The van der Waals surface area contributed by atoms with Crippen LogP contribution in [0.25, 0.3) is 0 Å². The maximum Gasteiger partial charge on any atom is 0.316 e. The van der Waals surface area contributed by atoms with E-state index in [0.29, 0.717) is 17.2 Å². The molecule has 0 spiro atoms. The van der Waals surface area contributed by atoms with Gasteiger partial charge in [-0.05, 0) is 50.6 Å². The number of benzene rings is 1. The number of carbonyl (C=O) groups is 2. The summed E-state index contributed by atoms with van der Waals surface area (Å²) in [6.07, 6.45) is 2.04. The van der Waals surface area contributed by atoms with Crippen LogP contribution in [0.15, 0.2) is 24.3 Å². The van der Waals surface area contributed by atoms with Crippen molar-refractivity contribution in [3.63, 3.8) is 0 Å². The van der Waals surface area contributed by atoms with E-state index in [1.807, 2.05) is 11.9 Å². The van der Waals surface area contributed by atoms with Gasteiger partial charge in [0, 0.05) is 24.3 Å². The van der Waals surface area contributed by atoms with Crippen molar-refractivity contribution in [1.82, 2.24) is 10.2 Å². The molecule has 122 valence electrons. The fourth-order valence-electron chi connectivity index (χ4n) is 2.68. The molecule has 4 N–H and O–H groups in total. The largest absolute Gasteiger partial charge is 0.351 e. The Labute approximate surface area is 136 Å². The average Bonchev–Trinajstić information content (AvgIpc) is 2.47. The molecule has 1 aromatic carbocycles. The van der Waals surface area contributed by atoms with Crippen LogP contribution in [-0.2, 0) is 0 Å². The van der Waals surface area contributed by atoms with Gasteiger partial charge >= 0.3 is 6.03 Å². The second kappa shape index (κ2) is 8.60. The van der Waals surface area contributed by atoms with Crippen LogP contribution < -0.4 is 16.4 Å². The zero-order valence-electron chi connectivity index (χ0n) is 12.7. The molecular weight excluding hydrogens is 304 g/mol. The van der Waals surface area contributed by atoms with Gasteiger partial charge in [0.25, 0.3) is 5.91 Å². The number of amides is 3. The third-order valence-electron chi connectivity index (χ3n) is 3.77. The first-order valence-electron chi connectivity index (χ1n) is 7.20. The van der Waals surface area contributed by atoms with Crippen LogP contribution in [0.1, 0.15) is 23.2 Å². The summed E-state index contributed by atoms with van der Waals surface area (Å²) in [5.41, 5.74) is 6.20. The lowest BCUT2D eigenvalue weighted by Crippen LogP contribution is -2.40. The van der Waals surface area contributed by atoms with Gasteiger partial charge in [-0.15, -0.1) is 12.4 Å². The Kier molecular flexibility index (Phi) is 7.14. The van der Waals surface area contributed by atoms with Crippen LogP contribution >= 0.6 is 12.4 Å². The molecule has 1 fully saturated rings. The highest BCUT2D eigenvalue weighted by atomic mass is 35.5. The van der Waals surface area contributed by atoms with Crippen molar-refractivity contribution < 1.29 is 9.59 Å². The van der Waals surface area contributed by atoms with Crippen molar-refractivity contribution >= 4 is 30.0 Å². The molecule has 0 atom stereocenters. The van der Waals surface area contributed by atoms with Crippen molar-refractivity contribution in [2.75, 3.05) is 32.0 Å². The summed E-state index contributed by atoms with van der Waals surface area (Å²) in [6, 6.07) is 6.24. The highest BCUT2D eigenvalue weighted by Gasteiger charge is 2.23. The Morgan fingerprint density at radius 3 is 2.59 bits per heavy atom. The number of hydrogen-bond donors (Lipinski definition) is 3. The van der Waals surface area contributed by atoms with Crippen LogP contribution in [0.5, 0.6) is 0 Å². The maximum atomic E-state index is 12.5. The van der Waals surface area contributed by atoms with Gasteiger partial charge in [0.15, 0.2) is 0 Å². The number of anilines is 1. The molecule has 1 heterocycles. The lowest BCUT2D eigenvalue weighted by Gasteiger charge is -2.32. The Balaban J connectivity index is 0.00000242. The average molecular weight is 327 g/mol. The molecule has 0 aliphatic carbocycles. The molecule has 3 amide bonds. The second-order valence-corrected chi connectivity index (χ2v) is 5.36. The number of piperidine rings is 1. The molecule has 0 radical (unpaired) electrons. The van der Waals surface area contributed by atoms with E-state index in [-0.39, 0.29) is 18.3 Å². The molecule has 22 heavy (non-hydrogen) atoms. The van der Waals surface area contributed by atoms with E-state index >= 15 is 0 Å². The Morgan fingerprint density at radius 1 is 1.32 bits per heavy atom. The normalized spacial score (nSPS) is 15.0. The molecule has 1 aliphatic rings. The van der Waals surface area contributed by atoms with Gasteiger partial charge in [-0.3, -0.25) is 4.79 Å². The van der Waals surface area contributed by atoms with E-state index in [4.69, 9.17) is 5.73 Å². The number of nitrogens with one attached hydrogen (secondary N) is 2. The van der Waals surface area contributed by atoms with Gasteiger partial charge in [-0.25, -0.2) is 4.79 Å². The molecule has 0 bridgehead atoms. The minimum atomic E-state index is -0.632. The summed E-state index contributed by atoms with van der Waals surface area (Å²) in [7, 11) is 1.95. The summed E-state index contributed by atoms with van der Waals surface area (Å²) >= 11 is 0. The third kappa shape index (κ3) is 4.89. The molecule has 2 rings (SSSR count). The van der Waals surface area contributed by atoms with E-state index in [1.165, 1.54) is 0 Å². The SMILES string of the molecule is CNCC1CCN(C(=O)c2cccc(NC(N)=O)c2)CC1.Cl.